The lowest BCUT2D eigenvalue weighted by Crippen LogP contribution is -2.44. The molecule has 0 saturated carbocycles. The third-order valence-electron chi connectivity index (χ3n) is 5.85. The summed E-state index contributed by atoms with van der Waals surface area (Å²) in [5, 5.41) is 20.0. The van der Waals surface area contributed by atoms with Gasteiger partial charge in [0.05, 0.1) is 17.9 Å². The van der Waals surface area contributed by atoms with E-state index in [9.17, 15) is 14.0 Å². The summed E-state index contributed by atoms with van der Waals surface area (Å²) in [5.74, 6) is -1.80. The van der Waals surface area contributed by atoms with E-state index in [1.807, 2.05) is 13.8 Å². The highest BCUT2D eigenvalue weighted by molar-refractivity contribution is 6.44. The highest BCUT2D eigenvalue weighted by atomic mass is 35.5. The fraction of sp³-hybridized carbons (Fsp3) is 0.478. The molecule has 3 rings (SSSR count). The van der Waals surface area contributed by atoms with Gasteiger partial charge < -0.3 is 10.6 Å². The molecule has 36 heavy (non-hydrogen) atoms. The molecule has 194 valence electrons. The minimum atomic E-state index is -0.951. The Hall–Kier alpha value is -3.05. The number of nitrogens with one attached hydrogen (secondary N) is 3. The fourth-order valence-corrected chi connectivity index (χ4v) is 4.04. The molecule has 1 unspecified atom stereocenters. The van der Waals surface area contributed by atoms with Gasteiger partial charge in [-0.2, -0.15) is 9.49 Å². The van der Waals surface area contributed by atoms with Crippen molar-refractivity contribution in [2.75, 3.05) is 5.32 Å². The SMILES string of the molecule is CCC(C)n1nncc1C(=O)N[C@@H](CCCC(Cl)Cl)C(=O)Nc1ccc(-c2c(C)n[nH]c2C)c(F)n1. The van der Waals surface area contributed by atoms with Crippen molar-refractivity contribution < 1.29 is 14.0 Å². The van der Waals surface area contributed by atoms with E-state index in [4.69, 9.17) is 23.2 Å². The number of amides is 2. The molecule has 0 spiro atoms. The van der Waals surface area contributed by atoms with Crippen LogP contribution in [0.15, 0.2) is 18.3 Å². The fourth-order valence-electron chi connectivity index (χ4n) is 3.73. The quantitative estimate of drug-likeness (QED) is 0.243. The molecule has 2 amide bonds. The average Bonchev–Trinajstić information content (AvgIpc) is 3.45. The average molecular weight is 539 g/mol. The van der Waals surface area contributed by atoms with Crippen LogP contribution in [-0.2, 0) is 4.79 Å². The molecule has 0 radical (unpaired) electrons. The van der Waals surface area contributed by atoms with Gasteiger partial charge in [0.25, 0.3) is 5.91 Å². The highest BCUT2D eigenvalue weighted by Gasteiger charge is 2.25. The smallest absolute Gasteiger partial charge is 0.271 e. The van der Waals surface area contributed by atoms with Crippen LogP contribution >= 0.6 is 23.2 Å². The maximum absolute atomic E-state index is 14.8. The molecule has 3 heterocycles. The third-order valence-corrected chi connectivity index (χ3v) is 6.29. The van der Waals surface area contributed by atoms with Gasteiger partial charge in [0, 0.05) is 16.8 Å². The number of pyridine rings is 1. The molecule has 2 atom stereocenters. The van der Waals surface area contributed by atoms with E-state index in [0.717, 1.165) is 6.42 Å². The van der Waals surface area contributed by atoms with Gasteiger partial charge in [0.15, 0.2) is 0 Å². The highest BCUT2D eigenvalue weighted by Crippen LogP contribution is 2.28. The Kier molecular flexibility index (Phi) is 9.38. The van der Waals surface area contributed by atoms with E-state index in [1.54, 1.807) is 13.8 Å². The Labute approximate surface area is 218 Å². The molecular formula is C23H29Cl2FN8O2. The number of aryl methyl sites for hydroxylation is 2. The van der Waals surface area contributed by atoms with Crippen molar-refractivity contribution in [3.63, 3.8) is 0 Å². The predicted molar refractivity (Wildman–Crippen MR) is 136 cm³/mol. The van der Waals surface area contributed by atoms with Gasteiger partial charge >= 0.3 is 0 Å². The van der Waals surface area contributed by atoms with E-state index >= 15 is 0 Å². The van der Waals surface area contributed by atoms with Crippen LogP contribution < -0.4 is 10.6 Å². The number of carbonyl (C=O) groups is 2. The van der Waals surface area contributed by atoms with Crippen LogP contribution in [0.5, 0.6) is 0 Å². The molecule has 0 saturated heterocycles. The summed E-state index contributed by atoms with van der Waals surface area (Å²) < 4.78 is 16.4. The van der Waals surface area contributed by atoms with Crippen LogP contribution in [-0.4, -0.2) is 52.9 Å². The Morgan fingerprint density at radius 3 is 2.58 bits per heavy atom. The molecule has 0 bridgehead atoms. The second-order valence-corrected chi connectivity index (χ2v) is 9.78. The van der Waals surface area contributed by atoms with Crippen molar-refractivity contribution in [3.8, 4) is 11.1 Å². The molecule has 0 fully saturated rings. The zero-order chi connectivity index (χ0) is 26.4. The van der Waals surface area contributed by atoms with Crippen molar-refractivity contribution in [1.29, 1.82) is 0 Å². The third kappa shape index (κ3) is 6.58. The molecule has 0 aliphatic carbocycles. The monoisotopic (exact) mass is 538 g/mol. The maximum Gasteiger partial charge on any atom is 0.271 e. The number of rotatable bonds is 11. The van der Waals surface area contributed by atoms with Gasteiger partial charge in [-0.3, -0.25) is 14.7 Å². The number of hydrogen-bond acceptors (Lipinski definition) is 6. The van der Waals surface area contributed by atoms with Crippen molar-refractivity contribution in [2.24, 2.45) is 0 Å². The molecule has 10 nitrogen and oxygen atoms in total. The molecule has 0 aromatic carbocycles. The molecule has 0 aliphatic rings. The summed E-state index contributed by atoms with van der Waals surface area (Å²) in [6, 6.07) is 2.02. The van der Waals surface area contributed by atoms with Crippen molar-refractivity contribution in [3.05, 3.63) is 41.4 Å². The van der Waals surface area contributed by atoms with Gasteiger partial charge in [-0.25, -0.2) is 9.67 Å². The Morgan fingerprint density at radius 1 is 1.22 bits per heavy atom. The van der Waals surface area contributed by atoms with Crippen LogP contribution in [0.1, 0.15) is 67.4 Å². The van der Waals surface area contributed by atoms with Crippen LogP contribution in [0.25, 0.3) is 11.1 Å². The standard InChI is InChI=1S/C23H29Cl2FN8O2/c1-5-12(2)34-17(11-27-33-34)23(36)28-16(7-6-8-18(24)25)22(35)30-19-10-9-15(21(26)29-19)20-13(3)31-32-14(20)4/h9-12,16,18H,5-8H2,1-4H3,(H,28,36)(H,31,32)(H,29,30,35)/t12?,16-/m0/s1. The van der Waals surface area contributed by atoms with E-state index in [1.165, 1.54) is 23.0 Å². The minimum absolute atomic E-state index is 0.0122. The number of carbonyl (C=O) groups excluding carboxylic acids is 2. The number of H-pyrrole nitrogens is 1. The second kappa shape index (κ2) is 12.3. The number of aromatic nitrogens is 6. The lowest BCUT2D eigenvalue weighted by atomic mass is 10.1. The topological polar surface area (TPSA) is 130 Å². The first-order chi connectivity index (χ1) is 17.1. The normalized spacial score (nSPS) is 13.0. The lowest BCUT2D eigenvalue weighted by Gasteiger charge is -2.19. The van der Waals surface area contributed by atoms with Crippen LogP contribution in [0, 0.1) is 19.8 Å². The van der Waals surface area contributed by atoms with Crippen molar-refractivity contribution in [2.45, 2.75) is 70.3 Å². The van der Waals surface area contributed by atoms with Crippen LogP contribution in [0.4, 0.5) is 10.2 Å². The van der Waals surface area contributed by atoms with Crippen LogP contribution in [0.3, 0.4) is 0 Å². The Morgan fingerprint density at radius 2 is 1.97 bits per heavy atom. The van der Waals surface area contributed by atoms with E-state index in [-0.39, 0.29) is 29.5 Å². The Balaban J connectivity index is 1.78. The maximum atomic E-state index is 14.8. The van der Waals surface area contributed by atoms with E-state index in [0.29, 0.717) is 29.8 Å². The molecular weight excluding hydrogens is 510 g/mol. The summed E-state index contributed by atoms with van der Waals surface area (Å²) >= 11 is 11.7. The number of alkyl halides is 2. The summed E-state index contributed by atoms with van der Waals surface area (Å²) in [5.41, 5.74) is 2.45. The molecule has 3 aromatic heterocycles. The van der Waals surface area contributed by atoms with Gasteiger partial charge in [-0.15, -0.1) is 28.3 Å². The summed E-state index contributed by atoms with van der Waals surface area (Å²) in [6.45, 7) is 7.42. The lowest BCUT2D eigenvalue weighted by molar-refractivity contribution is -0.118. The first-order valence-corrected chi connectivity index (χ1v) is 12.5. The van der Waals surface area contributed by atoms with Gasteiger partial charge in [0.2, 0.25) is 11.9 Å². The second-order valence-electron chi connectivity index (χ2n) is 8.50. The first kappa shape index (κ1) is 27.5. The summed E-state index contributed by atoms with van der Waals surface area (Å²) in [4.78, 5) is 29.4. The number of nitrogens with zero attached hydrogens (tertiary/aromatic N) is 5. The molecule has 3 aromatic rings. The summed E-state index contributed by atoms with van der Waals surface area (Å²) in [7, 11) is 0. The van der Waals surface area contributed by atoms with Gasteiger partial charge in [-0.1, -0.05) is 12.1 Å². The van der Waals surface area contributed by atoms with Crippen molar-refractivity contribution in [1.82, 2.24) is 35.5 Å². The largest absolute Gasteiger partial charge is 0.339 e. The summed E-state index contributed by atoms with van der Waals surface area (Å²) in [6.07, 6.45) is 3.25. The predicted octanol–water partition coefficient (Wildman–Crippen LogP) is 4.50. The van der Waals surface area contributed by atoms with Gasteiger partial charge in [0.1, 0.15) is 22.4 Å². The van der Waals surface area contributed by atoms with Gasteiger partial charge in [-0.05, 0) is 58.6 Å². The van der Waals surface area contributed by atoms with Crippen molar-refractivity contribution >= 4 is 40.8 Å². The number of aromatic amines is 1. The zero-order valence-corrected chi connectivity index (χ0v) is 22.0. The zero-order valence-electron chi connectivity index (χ0n) is 20.5. The van der Waals surface area contributed by atoms with E-state index in [2.05, 4.69) is 36.1 Å². The molecule has 0 aliphatic heterocycles. The number of hydrogen-bond donors (Lipinski definition) is 3. The molecule has 13 heteroatoms. The number of anilines is 1. The molecule has 3 N–H and O–H groups in total. The van der Waals surface area contributed by atoms with Crippen LogP contribution in [0.2, 0.25) is 0 Å². The van der Waals surface area contributed by atoms with E-state index < -0.39 is 28.6 Å². The number of halogens is 3. The minimum Gasteiger partial charge on any atom is -0.339 e. The Bertz CT molecular complexity index is 1190. The first-order valence-electron chi connectivity index (χ1n) is 11.6.